The zero-order valence-corrected chi connectivity index (χ0v) is 12.4. The maximum Gasteiger partial charge on any atom is 0.150 e. The molecule has 0 amide bonds. The van der Waals surface area contributed by atoms with Crippen molar-refractivity contribution in [3.63, 3.8) is 0 Å². The van der Waals surface area contributed by atoms with Crippen molar-refractivity contribution in [2.24, 2.45) is 11.5 Å². The average Bonchev–Trinajstić information content (AvgIpc) is 2.52. The van der Waals surface area contributed by atoms with Crippen molar-refractivity contribution in [2.75, 3.05) is 13.6 Å². The lowest BCUT2D eigenvalue weighted by molar-refractivity contribution is -0.0979. The molecule has 0 atom stereocenters. The maximum atomic E-state index is 10.2. The second-order valence-corrected chi connectivity index (χ2v) is 3.18. The van der Waals surface area contributed by atoms with E-state index in [0.29, 0.717) is 12.2 Å². The van der Waals surface area contributed by atoms with E-state index in [1.807, 2.05) is 18.9 Å². The van der Waals surface area contributed by atoms with Gasteiger partial charge < -0.3 is 20.4 Å². The zero-order chi connectivity index (χ0) is 15.5. The lowest BCUT2D eigenvalue weighted by Gasteiger charge is -1.96. The first-order valence-electron chi connectivity index (χ1n) is 5.65. The second kappa shape index (κ2) is 22.0. The highest BCUT2D eigenvalue weighted by atomic mass is 32.1. The molecular weight excluding hydrogens is 264 g/mol. The van der Waals surface area contributed by atoms with Gasteiger partial charge in [-0.05, 0) is 38.5 Å². The molecule has 0 aliphatic rings. The predicted molar refractivity (Wildman–Crippen MR) is 82.2 cm³/mol. The summed E-state index contributed by atoms with van der Waals surface area (Å²) in [5.74, 6) is 0. The molecule has 4 N–H and O–H groups in total. The number of carbonyl (C=O) groups excluding carboxylic acids is 2. The first kappa shape index (κ1) is 22.9. The zero-order valence-electron chi connectivity index (χ0n) is 11.5. The third kappa shape index (κ3) is 16.8. The highest BCUT2D eigenvalue weighted by Crippen LogP contribution is 2.04. The van der Waals surface area contributed by atoms with Crippen LogP contribution in [0.3, 0.4) is 0 Å². The van der Waals surface area contributed by atoms with Gasteiger partial charge in [-0.1, -0.05) is 31.2 Å². The summed E-state index contributed by atoms with van der Waals surface area (Å²) in [6.07, 6.45) is 1.91. The summed E-state index contributed by atoms with van der Waals surface area (Å²) in [7, 11) is 1.50. The van der Waals surface area contributed by atoms with Gasteiger partial charge in [0.1, 0.15) is 13.1 Å². The van der Waals surface area contributed by atoms with Gasteiger partial charge >= 0.3 is 0 Å². The van der Waals surface area contributed by atoms with Crippen molar-refractivity contribution in [1.82, 2.24) is 0 Å². The van der Waals surface area contributed by atoms with E-state index in [1.165, 1.54) is 7.05 Å². The van der Waals surface area contributed by atoms with Crippen LogP contribution in [0.1, 0.15) is 29.3 Å². The summed E-state index contributed by atoms with van der Waals surface area (Å²) < 4.78 is 4.61. The Bertz CT molecular complexity index is 280. The fraction of sp³-hybridized carbons (Fsp3) is 0.385. The molecular formula is C13H24N2O3S. The first-order valence-corrected chi connectivity index (χ1v) is 6.02. The maximum absolute atomic E-state index is 10.2. The van der Waals surface area contributed by atoms with Crippen LogP contribution in [0.4, 0.5) is 0 Å². The second-order valence-electron chi connectivity index (χ2n) is 2.92. The molecule has 0 fully saturated rings. The SMILES string of the molecule is C=O.CCCN.CN.O=Cc1ccc(COS)cc1. The van der Waals surface area contributed by atoms with Gasteiger partial charge in [-0.3, -0.25) is 4.79 Å². The number of aldehydes is 1. The Hall–Kier alpha value is -1.21. The molecule has 0 radical (unpaired) electrons. The average molecular weight is 288 g/mol. The molecule has 0 saturated carbocycles. The van der Waals surface area contributed by atoms with Crippen molar-refractivity contribution in [3.05, 3.63) is 35.4 Å². The Balaban J connectivity index is -0.000000271. The van der Waals surface area contributed by atoms with E-state index >= 15 is 0 Å². The van der Waals surface area contributed by atoms with Gasteiger partial charge in [0, 0.05) is 5.56 Å². The third-order valence-corrected chi connectivity index (χ3v) is 1.76. The Kier molecular flexibility index (Phi) is 26.6. The molecule has 0 aliphatic carbocycles. The Morgan fingerprint density at radius 3 is 1.95 bits per heavy atom. The molecule has 0 bridgehead atoms. The van der Waals surface area contributed by atoms with Crippen LogP contribution in [0.15, 0.2) is 24.3 Å². The lowest BCUT2D eigenvalue weighted by Crippen LogP contribution is -1.93. The Morgan fingerprint density at radius 2 is 1.68 bits per heavy atom. The van der Waals surface area contributed by atoms with Crippen molar-refractivity contribution >= 4 is 26.0 Å². The Labute approximate surface area is 120 Å². The van der Waals surface area contributed by atoms with Crippen LogP contribution in [-0.2, 0) is 15.6 Å². The van der Waals surface area contributed by atoms with Crippen molar-refractivity contribution in [2.45, 2.75) is 20.0 Å². The molecule has 110 valence electrons. The Morgan fingerprint density at radius 1 is 1.26 bits per heavy atom. The summed E-state index contributed by atoms with van der Waals surface area (Å²) in [5.41, 5.74) is 11.2. The van der Waals surface area contributed by atoms with E-state index in [-0.39, 0.29) is 0 Å². The smallest absolute Gasteiger partial charge is 0.150 e. The van der Waals surface area contributed by atoms with Gasteiger partial charge in [0.2, 0.25) is 0 Å². The molecule has 0 spiro atoms. The minimum absolute atomic E-state index is 0.461. The first-order chi connectivity index (χ1) is 9.28. The summed E-state index contributed by atoms with van der Waals surface area (Å²) in [6.45, 7) is 5.34. The van der Waals surface area contributed by atoms with E-state index in [9.17, 15) is 4.79 Å². The topological polar surface area (TPSA) is 95.4 Å². The van der Waals surface area contributed by atoms with Gasteiger partial charge in [-0.25, -0.2) is 0 Å². The molecule has 19 heavy (non-hydrogen) atoms. The normalized spacial score (nSPS) is 7.63. The highest BCUT2D eigenvalue weighted by molar-refractivity contribution is 7.75. The van der Waals surface area contributed by atoms with Gasteiger partial charge in [0.25, 0.3) is 0 Å². The minimum Gasteiger partial charge on any atom is -0.333 e. The fourth-order valence-corrected chi connectivity index (χ4v) is 0.916. The summed E-state index contributed by atoms with van der Waals surface area (Å²) >= 11 is 3.61. The number of rotatable bonds is 4. The molecule has 1 aromatic carbocycles. The van der Waals surface area contributed by atoms with E-state index in [0.717, 1.165) is 24.8 Å². The summed E-state index contributed by atoms with van der Waals surface area (Å²) in [5, 5.41) is 0. The third-order valence-electron chi connectivity index (χ3n) is 1.64. The number of hydrogen-bond acceptors (Lipinski definition) is 6. The van der Waals surface area contributed by atoms with E-state index < -0.39 is 0 Å². The molecule has 1 rings (SSSR count). The van der Waals surface area contributed by atoms with E-state index in [4.69, 9.17) is 10.5 Å². The van der Waals surface area contributed by atoms with Crippen LogP contribution in [-0.4, -0.2) is 26.7 Å². The van der Waals surface area contributed by atoms with Crippen LogP contribution in [0.5, 0.6) is 0 Å². The van der Waals surface area contributed by atoms with Crippen molar-refractivity contribution < 1.29 is 13.8 Å². The predicted octanol–water partition coefficient (Wildman–Crippen LogP) is 1.61. The minimum atomic E-state index is 0.461. The lowest BCUT2D eigenvalue weighted by atomic mass is 10.2. The van der Waals surface area contributed by atoms with Crippen molar-refractivity contribution in [3.8, 4) is 0 Å². The molecule has 6 heteroatoms. The van der Waals surface area contributed by atoms with Gasteiger partial charge in [-0.15, -0.1) is 0 Å². The molecule has 0 saturated heterocycles. The van der Waals surface area contributed by atoms with Gasteiger partial charge in [-0.2, -0.15) is 0 Å². The highest BCUT2D eigenvalue weighted by Gasteiger charge is 1.91. The molecule has 0 aromatic heterocycles. The molecule has 5 nitrogen and oxygen atoms in total. The van der Waals surface area contributed by atoms with Crippen LogP contribution in [0.2, 0.25) is 0 Å². The molecule has 0 heterocycles. The van der Waals surface area contributed by atoms with E-state index in [2.05, 4.69) is 29.8 Å². The standard InChI is InChI=1S/C8H8O2S.C3H9N.CH5N.CH2O/c9-5-7-1-3-8(4-2-7)6-10-11;1-2-3-4;2*1-2/h1-5,11H,6H2;2-4H2,1H3;2H2,1H3;1H2. The quantitative estimate of drug-likeness (QED) is 0.444. The van der Waals surface area contributed by atoms with E-state index in [1.54, 1.807) is 12.1 Å². The van der Waals surface area contributed by atoms with Crippen LogP contribution < -0.4 is 11.5 Å². The molecule has 1 aromatic rings. The number of nitrogens with two attached hydrogens (primary N) is 2. The number of benzene rings is 1. The van der Waals surface area contributed by atoms with Gasteiger partial charge in [0.05, 0.1) is 6.61 Å². The number of thiol groups is 1. The fourth-order valence-electron chi connectivity index (χ4n) is 0.767. The number of hydrogen-bond donors (Lipinski definition) is 3. The summed E-state index contributed by atoms with van der Waals surface area (Å²) in [6, 6.07) is 7.16. The van der Waals surface area contributed by atoms with Crippen LogP contribution in [0.25, 0.3) is 0 Å². The van der Waals surface area contributed by atoms with Gasteiger partial charge in [0.15, 0.2) is 0 Å². The molecule has 0 unspecified atom stereocenters. The number of carbonyl (C=O) groups is 2. The van der Waals surface area contributed by atoms with Crippen LogP contribution >= 0.6 is 12.9 Å². The summed E-state index contributed by atoms with van der Waals surface area (Å²) in [4.78, 5) is 18.2. The molecule has 0 aliphatic heterocycles. The largest absolute Gasteiger partial charge is 0.333 e. The van der Waals surface area contributed by atoms with Crippen molar-refractivity contribution in [1.29, 1.82) is 0 Å². The monoisotopic (exact) mass is 288 g/mol. The van der Waals surface area contributed by atoms with Crippen LogP contribution in [0, 0.1) is 0 Å².